The van der Waals surface area contributed by atoms with E-state index in [1.165, 1.54) is 11.1 Å². The number of hydrogen-bond donors (Lipinski definition) is 2. The standard InChI is InChI=1S/C29H34N6O2/c1-20(2)35-19-25-26(28(35)37)31-29(34-16-14-33(15-17-34)21(3)36)32-27(25)30-18-24(22-10-6-4-7-11-22)23-12-8-5-9-13-23/h4-13,19-20,24,37H,14-18H2,1-3H3,(H,30,31,32). The lowest BCUT2D eigenvalue weighted by atomic mass is 9.91. The van der Waals surface area contributed by atoms with Gasteiger partial charge in [0.05, 0.1) is 5.39 Å². The summed E-state index contributed by atoms with van der Waals surface area (Å²) in [6.07, 6.45) is 1.93. The molecule has 8 nitrogen and oxygen atoms in total. The number of fused-ring (bicyclic) bond motifs is 1. The van der Waals surface area contributed by atoms with Crippen molar-refractivity contribution in [3.8, 4) is 5.88 Å². The van der Waals surface area contributed by atoms with Crippen molar-refractivity contribution in [2.75, 3.05) is 42.9 Å². The lowest BCUT2D eigenvalue weighted by molar-refractivity contribution is -0.129. The van der Waals surface area contributed by atoms with Crippen molar-refractivity contribution in [2.45, 2.75) is 32.7 Å². The Hall–Kier alpha value is -4.07. The van der Waals surface area contributed by atoms with Gasteiger partial charge in [0.2, 0.25) is 17.7 Å². The van der Waals surface area contributed by atoms with Gasteiger partial charge in [0.1, 0.15) is 11.3 Å². The zero-order valence-corrected chi connectivity index (χ0v) is 21.6. The van der Waals surface area contributed by atoms with E-state index in [0.29, 0.717) is 50.0 Å². The van der Waals surface area contributed by atoms with Crippen LogP contribution in [0.25, 0.3) is 10.9 Å². The van der Waals surface area contributed by atoms with E-state index >= 15 is 0 Å². The van der Waals surface area contributed by atoms with Crippen LogP contribution in [0.5, 0.6) is 5.88 Å². The highest BCUT2D eigenvalue weighted by Gasteiger charge is 2.24. The van der Waals surface area contributed by atoms with E-state index in [1.54, 1.807) is 6.92 Å². The summed E-state index contributed by atoms with van der Waals surface area (Å²) in [4.78, 5) is 25.4. The van der Waals surface area contributed by atoms with Gasteiger partial charge in [0.25, 0.3) is 0 Å². The largest absolute Gasteiger partial charge is 0.493 e. The third kappa shape index (κ3) is 5.09. The van der Waals surface area contributed by atoms with Crippen LogP contribution in [-0.4, -0.2) is 63.2 Å². The minimum absolute atomic E-state index is 0.0750. The van der Waals surface area contributed by atoms with Crippen molar-refractivity contribution < 1.29 is 9.90 Å². The van der Waals surface area contributed by atoms with E-state index in [2.05, 4.69) is 58.7 Å². The van der Waals surface area contributed by atoms with E-state index < -0.39 is 0 Å². The maximum absolute atomic E-state index is 11.8. The molecule has 4 aromatic rings. The first-order chi connectivity index (χ1) is 17.9. The van der Waals surface area contributed by atoms with Crippen molar-refractivity contribution in [3.05, 3.63) is 78.0 Å². The van der Waals surface area contributed by atoms with Crippen molar-refractivity contribution in [2.24, 2.45) is 0 Å². The lowest BCUT2D eigenvalue weighted by Crippen LogP contribution is -2.48. The molecular weight excluding hydrogens is 464 g/mol. The number of aromatic hydroxyl groups is 1. The van der Waals surface area contributed by atoms with Gasteiger partial charge in [-0.25, -0.2) is 4.98 Å². The van der Waals surface area contributed by atoms with Crippen LogP contribution in [0.2, 0.25) is 0 Å². The molecule has 1 saturated heterocycles. The van der Waals surface area contributed by atoms with Crippen molar-refractivity contribution in [3.63, 3.8) is 0 Å². The second-order valence-electron chi connectivity index (χ2n) is 9.84. The summed E-state index contributed by atoms with van der Waals surface area (Å²) in [6, 6.07) is 21.0. The Morgan fingerprint density at radius 2 is 1.54 bits per heavy atom. The number of benzene rings is 2. The molecule has 1 aliphatic rings. The number of rotatable bonds is 7. The van der Waals surface area contributed by atoms with Crippen molar-refractivity contribution in [1.82, 2.24) is 19.4 Å². The summed E-state index contributed by atoms with van der Waals surface area (Å²) < 4.78 is 1.83. The van der Waals surface area contributed by atoms with Gasteiger partial charge in [-0.1, -0.05) is 60.7 Å². The fraction of sp³-hybridized carbons (Fsp3) is 0.345. The molecule has 2 N–H and O–H groups in total. The number of piperazine rings is 1. The van der Waals surface area contributed by atoms with E-state index in [1.807, 2.05) is 41.6 Å². The maximum atomic E-state index is 11.8. The monoisotopic (exact) mass is 498 g/mol. The number of anilines is 2. The average molecular weight is 499 g/mol. The number of amides is 1. The van der Waals surface area contributed by atoms with E-state index in [4.69, 9.17) is 9.97 Å². The number of nitrogens with one attached hydrogen (secondary N) is 1. The second kappa shape index (κ2) is 10.5. The van der Waals surface area contributed by atoms with Gasteiger partial charge < -0.3 is 24.8 Å². The van der Waals surface area contributed by atoms with Crippen molar-refractivity contribution in [1.29, 1.82) is 0 Å². The molecule has 0 spiro atoms. The number of nitrogens with zero attached hydrogens (tertiary/aromatic N) is 5. The summed E-state index contributed by atoms with van der Waals surface area (Å²) >= 11 is 0. The topological polar surface area (TPSA) is 86.5 Å². The molecule has 0 bridgehead atoms. The molecule has 0 radical (unpaired) electrons. The number of hydrogen-bond acceptors (Lipinski definition) is 6. The molecule has 3 heterocycles. The quantitative estimate of drug-likeness (QED) is 0.386. The van der Waals surface area contributed by atoms with Crippen LogP contribution < -0.4 is 10.2 Å². The molecule has 1 fully saturated rings. The van der Waals surface area contributed by atoms with Crippen LogP contribution in [0, 0.1) is 0 Å². The molecule has 0 saturated carbocycles. The zero-order valence-electron chi connectivity index (χ0n) is 21.6. The van der Waals surface area contributed by atoms with Gasteiger partial charge >= 0.3 is 0 Å². The summed E-state index contributed by atoms with van der Waals surface area (Å²) in [5, 5.41) is 15.4. The molecule has 37 heavy (non-hydrogen) atoms. The summed E-state index contributed by atoms with van der Waals surface area (Å²) in [5.74, 6) is 1.60. The number of carbonyl (C=O) groups excluding carboxylic acids is 1. The molecule has 8 heteroatoms. The van der Waals surface area contributed by atoms with Gasteiger partial charge in [-0.05, 0) is 25.0 Å². The molecule has 0 atom stereocenters. The molecule has 5 rings (SSSR count). The normalized spacial score (nSPS) is 14.1. The molecule has 1 amide bonds. The molecule has 2 aromatic carbocycles. The second-order valence-corrected chi connectivity index (χ2v) is 9.84. The Bertz CT molecular complexity index is 1320. The van der Waals surface area contributed by atoms with Gasteiger partial charge in [-0.15, -0.1) is 0 Å². The smallest absolute Gasteiger partial charge is 0.228 e. The van der Waals surface area contributed by atoms with Gasteiger partial charge in [0.15, 0.2) is 0 Å². The third-order valence-electron chi connectivity index (χ3n) is 7.10. The molecule has 2 aromatic heterocycles. The lowest BCUT2D eigenvalue weighted by Gasteiger charge is -2.34. The zero-order chi connectivity index (χ0) is 25.9. The first kappa shape index (κ1) is 24.6. The third-order valence-corrected chi connectivity index (χ3v) is 7.10. The molecule has 0 aliphatic carbocycles. The van der Waals surface area contributed by atoms with Crippen LogP contribution in [-0.2, 0) is 4.79 Å². The number of aromatic nitrogens is 3. The highest BCUT2D eigenvalue weighted by molar-refractivity contribution is 5.94. The van der Waals surface area contributed by atoms with Gasteiger partial charge in [-0.2, -0.15) is 4.98 Å². The molecule has 192 valence electrons. The Labute approximate surface area is 217 Å². The SMILES string of the molecule is CC(=O)N1CCN(c2nc(NCC(c3ccccc3)c3ccccc3)c3cn(C(C)C)c(O)c3n2)CC1. The Balaban J connectivity index is 1.51. The van der Waals surface area contributed by atoms with E-state index in [0.717, 1.165) is 5.39 Å². The summed E-state index contributed by atoms with van der Waals surface area (Å²) in [6.45, 7) is 8.84. The van der Waals surface area contributed by atoms with Crippen LogP contribution in [0.4, 0.5) is 11.8 Å². The Morgan fingerprint density at radius 1 is 0.946 bits per heavy atom. The van der Waals surface area contributed by atoms with Crippen LogP contribution >= 0.6 is 0 Å². The van der Waals surface area contributed by atoms with E-state index in [9.17, 15) is 9.90 Å². The van der Waals surface area contributed by atoms with E-state index in [-0.39, 0.29) is 23.7 Å². The van der Waals surface area contributed by atoms with Crippen LogP contribution in [0.15, 0.2) is 66.9 Å². The van der Waals surface area contributed by atoms with Crippen LogP contribution in [0.1, 0.15) is 43.9 Å². The van der Waals surface area contributed by atoms with Crippen LogP contribution in [0.3, 0.4) is 0 Å². The number of carbonyl (C=O) groups is 1. The summed E-state index contributed by atoms with van der Waals surface area (Å²) in [7, 11) is 0. The van der Waals surface area contributed by atoms with Gasteiger partial charge in [0, 0.05) is 57.8 Å². The minimum Gasteiger partial charge on any atom is -0.493 e. The molecule has 0 unspecified atom stereocenters. The van der Waals surface area contributed by atoms with Crippen molar-refractivity contribution >= 4 is 28.6 Å². The fourth-order valence-corrected chi connectivity index (χ4v) is 4.96. The highest BCUT2D eigenvalue weighted by Crippen LogP contribution is 2.35. The average Bonchev–Trinajstić information content (AvgIpc) is 3.27. The first-order valence-corrected chi connectivity index (χ1v) is 12.9. The predicted molar refractivity (Wildman–Crippen MR) is 147 cm³/mol. The Kier molecular flexibility index (Phi) is 6.99. The first-order valence-electron chi connectivity index (χ1n) is 12.9. The summed E-state index contributed by atoms with van der Waals surface area (Å²) in [5.41, 5.74) is 2.97. The minimum atomic E-state index is 0.0750. The van der Waals surface area contributed by atoms with Gasteiger partial charge in [-0.3, -0.25) is 4.79 Å². The fourth-order valence-electron chi connectivity index (χ4n) is 4.96. The predicted octanol–water partition coefficient (Wildman–Crippen LogP) is 4.63. The molecular formula is C29H34N6O2. The maximum Gasteiger partial charge on any atom is 0.228 e. The molecule has 1 aliphatic heterocycles. The Morgan fingerprint density at radius 3 is 2.08 bits per heavy atom. The highest BCUT2D eigenvalue weighted by atomic mass is 16.3.